The van der Waals surface area contributed by atoms with Crippen LogP contribution in [0.3, 0.4) is 0 Å². The molecular formula is C19H21F3. The minimum atomic E-state index is -4.31. The monoisotopic (exact) mass is 306 g/mol. The summed E-state index contributed by atoms with van der Waals surface area (Å²) in [7, 11) is 0. The van der Waals surface area contributed by atoms with Crippen LogP contribution in [0.2, 0.25) is 0 Å². The highest BCUT2D eigenvalue weighted by Gasteiger charge is 2.31. The van der Waals surface area contributed by atoms with Gasteiger partial charge < -0.3 is 0 Å². The molecule has 0 fully saturated rings. The summed E-state index contributed by atoms with van der Waals surface area (Å²) in [5.41, 5.74) is 1.94. The van der Waals surface area contributed by atoms with Crippen LogP contribution < -0.4 is 0 Å². The number of unbranched alkanes of at least 4 members (excludes halogenated alkanes) is 1. The Balaban J connectivity index is 2.49. The maximum absolute atomic E-state index is 13.0. The molecule has 1 unspecified atom stereocenters. The zero-order valence-corrected chi connectivity index (χ0v) is 13.0. The van der Waals surface area contributed by atoms with E-state index in [0.29, 0.717) is 5.56 Å². The Morgan fingerprint density at radius 3 is 2.27 bits per heavy atom. The molecule has 0 radical (unpaired) electrons. The third kappa shape index (κ3) is 3.90. The maximum atomic E-state index is 13.0. The van der Waals surface area contributed by atoms with Crippen molar-refractivity contribution in [1.82, 2.24) is 0 Å². The van der Waals surface area contributed by atoms with Crippen molar-refractivity contribution in [3.8, 4) is 11.1 Å². The van der Waals surface area contributed by atoms with E-state index in [-0.39, 0.29) is 5.92 Å². The fourth-order valence-electron chi connectivity index (χ4n) is 2.70. The van der Waals surface area contributed by atoms with Crippen molar-refractivity contribution in [1.29, 1.82) is 0 Å². The van der Waals surface area contributed by atoms with E-state index in [1.807, 2.05) is 30.3 Å². The number of hydrogen-bond donors (Lipinski definition) is 0. The molecule has 118 valence electrons. The lowest BCUT2D eigenvalue weighted by molar-refractivity contribution is -0.137. The second kappa shape index (κ2) is 6.99. The van der Waals surface area contributed by atoms with E-state index >= 15 is 0 Å². The van der Waals surface area contributed by atoms with Crippen LogP contribution in [0, 0.1) is 0 Å². The standard InChI is InChI=1S/C19H21F3/c1-3-4-8-14(2)17-12-11-16(19(20,21)22)13-18(17)15-9-6-5-7-10-15/h5-7,9-14H,3-4,8H2,1-2H3. The van der Waals surface area contributed by atoms with Crippen LogP contribution in [-0.2, 0) is 6.18 Å². The average molecular weight is 306 g/mol. The quantitative estimate of drug-likeness (QED) is 0.579. The fraction of sp³-hybridized carbons (Fsp3) is 0.368. The molecule has 0 aliphatic heterocycles. The SMILES string of the molecule is CCCCC(C)c1ccc(C(F)(F)F)cc1-c1ccccc1. The molecule has 0 saturated carbocycles. The van der Waals surface area contributed by atoms with Gasteiger partial charge in [0.05, 0.1) is 5.56 Å². The first kappa shape index (κ1) is 16.6. The van der Waals surface area contributed by atoms with Crippen molar-refractivity contribution in [2.75, 3.05) is 0 Å². The van der Waals surface area contributed by atoms with Crippen LogP contribution in [0.15, 0.2) is 48.5 Å². The minimum Gasteiger partial charge on any atom is -0.166 e. The van der Waals surface area contributed by atoms with Gasteiger partial charge in [0.1, 0.15) is 0 Å². The second-order valence-corrected chi connectivity index (χ2v) is 5.71. The highest BCUT2D eigenvalue weighted by molar-refractivity contribution is 5.69. The zero-order chi connectivity index (χ0) is 16.2. The first-order valence-corrected chi connectivity index (χ1v) is 7.70. The largest absolute Gasteiger partial charge is 0.416 e. The Morgan fingerprint density at radius 2 is 1.68 bits per heavy atom. The third-order valence-corrected chi connectivity index (χ3v) is 3.99. The van der Waals surface area contributed by atoms with Crippen molar-refractivity contribution in [2.45, 2.75) is 45.2 Å². The predicted molar refractivity (Wildman–Crippen MR) is 84.8 cm³/mol. The first-order chi connectivity index (χ1) is 10.4. The van der Waals surface area contributed by atoms with Crippen LogP contribution in [0.5, 0.6) is 0 Å². The van der Waals surface area contributed by atoms with Gasteiger partial charge in [-0.2, -0.15) is 13.2 Å². The van der Waals surface area contributed by atoms with Crippen LogP contribution in [0.4, 0.5) is 13.2 Å². The van der Waals surface area contributed by atoms with E-state index in [4.69, 9.17) is 0 Å². The Hall–Kier alpha value is -1.77. The molecule has 0 amide bonds. The molecular weight excluding hydrogens is 285 g/mol. The molecule has 2 rings (SSSR count). The number of halogens is 3. The van der Waals surface area contributed by atoms with Gasteiger partial charge in [0.25, 0.3) is 0 Å². The van der Waals surface area contributed by atoms with Crippen LogP contribution in [0.1, 0.15) is 50.2 Å². The van der Waals surface area contributed by atoms with Crippen LogP contribution >= 0.6 is 0 Å². The van der Waals surface area contributed by atoms with E-state index in [1.54, 1.807) is 6.07 Å². The Labute approximate surface area is 130 Å². The van der Waals surface area contributed by atoms with Crippen LogP contribution in [-0.4, -0.2) is 0 Å². The summed E-state index contributed by atoms with van der Waals surface area (Å²) in [6, 6.07) is 13.4. The minimum absolute atomic E-state index is 0.248. The molecule has 0 aliphatic carbocycles. The molecule has 0 N–H and O–H groups in total. The summed E-state index contributed by atoms with van der Waals surface area (Å²) in [6.07, 6.45) is -1.15. The average Bonchev–Trinajstić information content (AvgIpc) is 2.52. The van der Waals surface area contributed by atoms with Gasteiger partial charge in [0, 0.05) is 0 Å². The van der Waals surface area contributed by atoms with Crippen molar-refractivity contribution in [2.24, 2.45) is 0 Å². The van der Waals surface area contributed by atoms with Gasteiger partial charge in [-0.1, -0.05) is 63.1 Å². The molecule has 0 bridgehead atoms. The third-order valence-electron chi connectivity index (χ3n) is 3.99. The van der Waals surface area contributed by atoms with E-state index < -0.39 is 11.7 Å². The molecule has 0 aromatic heterocycles. The van der Waals surface area contributed by atoms with E-state index in [2.05, 4.69) is 13.8 Å². The topological polar surface area (TPSA) is 0 Å². The summed E-state index contributed by atoms with van der Waals surface area (Å²) in [6.45, 7) is 4.21. The van der Waals surface area contributed by atoms with Crippen molar-refractivity contribution < 1.29 is 13.2 Å². The number of hydrogen-bond acceptors (Lipinski definition) is 0. The van der Waals surface area contributed by atoms with Crippen LogP contribution in [0.25, 0.3) is 11.1 Å². The molecule has 1 atom stereocenters. The Kier molecular flexibility index (Phi) is 5.28. The zero-order valence-electron chi connectivity index (χ0n) is 13.0. The second-order valence-electron chi connectivity index (χ2n) is 5.71. The smallest absolute Gasteiger partial charge is 0.166 e. The van der Waals surface area contributed by atoms with Gasteiger partial charge in [-0.25, -0.2) is 0 Å². The number of alkyl halides is 3. The van der Waals surface area contributed by atoms with E-state index in [0.717, 1.165) is 30.4 Å². The molecule has 2 aromatic carbocycles. The predicted octanol–water partition coefficient (Wildman–Crippen LogP) is 6.67. The molecule has 22 heavy (non-hydrogen) atoms. The lowest BCUT2D eigenvalue weighted by Crippen LogP contribution is -2.07. The summed E-state index contributed by atoms with van der Waals surface area (Å²) in [4.78, 5) is 0. The molecule has 0 aliphatic rings. The van der Waals surface area contributed by atoms with Gasteiger partial charge in [-0.05, 0) is 41.2 Å². The van der Waals surface area contributed by atoms with Gasteiger partial charge >= 0.3 is 6.18 Å². The number of rotatable bonds is 5. The van der Waals surface area contributed by atoms with Gasteiger partial charge in [0.15, 0.2) is 0 Å². The Morgan fingerprint density at radius 1 is 1.00 bits per heavy atom. The number of benzene rings is 2. The van der Waals surface area contributed by atoms with Gasteiger partial charge in [-0.15, -0.1) is 0 Å². The lowest BCUT2D eigenvalue weighted by Gasteiger charge is -2.19. The summed E-state index contributed by atoms with van der Waals surface area (Å²) < 4.78 is 39.1. The fourth-order valence-corrected chi connectivity index (χ4v) is 2.70. The van der Waals surface area contributed by atoms with Crippen molar-refractivity contribution in [3.05, 3.63) is 59.7 Å². The summed E-state index contributed by atoms with van der Waals surface area (Å²) >= 11 is 0. The van der Waals surface area contributed by atoms with Crippen molar-refractivity contribution in [3.63, 3.8) is 0 Å². The molecule has 2 aromatic rings. The first-order valence-electron chi connectivity index (χ1n) is 7.70. The maximum Gasteiger partial charge on any atom is 0.416 e. The molecule has 3 heteroatoms. The molecule has 0 heterocycles. The molecule has 0 saturated heterocycles. The lowest BCUT2D eigenvalue weighted by atomic mass is 9.87. The highest BCUT2D eigenvalue weighted by Crippen LogP contribution is 2.37. The van der Waals surface area contributed by atoms with Gasteiger partial charge in [-0.3, -0.25) is 0 Å². The normalized spacial score (nSPS) is 13.1. The van der Waals surface area contributed by atoms with Gasteiger partial charge in [0.2, 0.25) is 0 Å². The molecule has 0 nitrogen and oxygen atoms in total. The summed E-state index contributed by atoms with van der Waals surface area (Å²) in [5, 5.41) is 0. The van der Waals surface area contributed by atoms with E-state index in [9.17, 15) is 13.2 Å². The highest BCUT2D eigenvalue weighted by atomic mass is 19.4. The van der Waals surface area contributed by atoms with E-state index in [1.165, 1.54) is 12.1 Å². The Bertz CT molecular complexity index is 600. The molecule has 0 spiro atoms. The van der Waals surface area contributed by atoms with Crippen molar-refractivity contribution >= 4 is 0 Å². The summed E-state index contributed by atoms with van der Waals surface area (Å²) in [5.74, 6) is 0.248.